The molecule has 0 aliphatic rings. The van der Waals surface area contributed by atoms with E-state index in [4.69, 9.17) is 5.73 Å². The van der Waals surface area contributed by atoms with E-state index in [1.807, 2.05) is 0 Å². The summed E-state index contributed by atoms with van der Waals surface area (Å²) in [6, 6.07) is 2.90. The molecule has 0 unspecified atom stereocenters. The van der Waals surface area contributed by atoms with Gasteiger partial charge >= 0.3 is 0 Å². The van der Waals surface area contributed by atoms with E-state index < -0.39 is 6.04 Å². The molecular weight excluding hydrogens is 220 g/mol. The maximum atomic E-state index is 11.3. The number of hydrogen-bond donors (Lipinski definition) is 2. The number of carbonyl (C=O) groups excluding carboxylic acids is 1. The largest absolute Gasteiger partial charge is 0.323 e. The lowest BCUT2D eigenvalue weighted by atomic mass is 10.3. The number of rotatable bonds is 3. The highest BCUT2D eigenvalue weighted by Gasteiger charge is 2.07. The Bertz CT molecular complexity index is 490. The molecule has 0 saturated heterocycles. The molecule has 0 bridgehead atoms. The summed E-state index contributed by atoms with van der Waals surface area (Å²) in [5, 5.41) is 6.58. The van der Waals surface area contributed by atoms with Crippen LogP contribution in [0.4, 0.5) is 5.69 Å². The van der Waals surface area contributed by atoms with Crippen molar-refractivity contribution in [3.63, 3.8) is 0 Å². The fraction of sp³-hybridized carbons (Fsp3) is 0.200. The lowest BCUT2D eigenvalue weighted by Crippen LogP contribution is -2.32. The Morgan fingerprint density at radius 3 is 2.88 bits per heavy atom. The summed E-state index contributed by atoms with van der Waals surface area (Å²) < 4.78 is 1.52. The molecule has 0 fully saturated rings. The molecular formula is C10H12N6O. The number of nitrogens with one attached hydrogen (secondary N) is 1. The van der Waals surface area contributed by atoms with Crippen LogP contribution in [0.5, 0.6) is 0 Å². The minimum absolute atomic E-state index is 0.250. The van der Waals surface area contributed by atoms with Crippen LogP contribution in [0.1, 0.15) is 6.92 Å². The van der Waals surface area contributed by atoms with Crippen LogP contribution in [0.2, 0.25) is 0 Å². The second-order valence-corrected chi connectivity index (χ2v) is 3.52. The Morgan fingerprint density at radius 1 is 1.53 bits per heavy atom. The van der Waals surface area contributed by atoms with E-state index in [0.29, 0.717) is 11.5 Å². The number of nitrogens with two attached hydrogens (primary N) is 1. The first-order chi connectivity index (χ1) is 8.16. The molecule has 2 aromatic rings. The van der Waals surface area contributed by atoms with Gasteiger partial charge in [0, 0.05) is 0 Å². The molecule has 0 aliphatic heterocycles. The molecule has 1 amide bonds. The molecule has 2 rings (SSSR count). The maximum Gasteiger partial charge on any atom is 0.241 e. The lowest BCUT2D eigenvalue weighted by Gasteiger charge is -2.07. The summed E-state index contributed by atoms with van der Waals surface area (Å²) in [5.41, 5.74) is 6.03. The SMILES string of the molecule is C[C@H](N)C(=O)Nc1ccc(-n2cncn2)nc1. The third-order valence-electron chi connectivity index (χ3n) is 2.08. The Labute approximate surface area is 97.7 Å². The van der Waals surface area contributed by atoms with Gasteiger partial charge < -0.3 is 11.1 Å². The highest BCUT2D eigenvalue weighted by molar-refractivity contribution is 5.94. The molecule has 0 aromatic carbocycles. The van der Waals surface area contributed by atoms with Crippen LogP contribution in [-0.2, 0) is 4.79 Å². The van der Waals surface area contributed by atoms with Gasteiger partial charge in [0.15, 0.2) is 5.82 Å². The molecule has 0 aliphatic carbocycles. The van der Waals surface area contributed by atoms with Crippen molar-refractivity contribution >= 4 is 11.6 Å². The summed E-state index contributed by atoms with van der Waals surface area (Å²) >= 11 is 0. The minimum Gasteiger partial charge on any atom is -0.323 e. The van der Waals surface area contributed by atoms with Crippen LogP contribution in [-0.4, -0.2) is 31.7 Å². The van der Waals surface area contributed by atoms with E-state index >= 15 is 0 Å². The smallest absolute Gasteiger partial charge is 0.241 e. The number of aromatic nitrogens is 4. The third-order valence-corrected chi connectivity index (χ3v) is 2.08. The number of anilines is 1. The first-order valence-electron chi connectivity index (χ1n) is 5.04. The zero-order chi connectivity index (χ0) is 12.3. The van der Waals surface area contributed by atoms with E-state index in [9.17, 15) is 4.79 Å². The van der Waals surface area contributed by atoms with Gasteiger partial charge in [0.05, 0.1) is 17.9 Å². The van der Waals surface area contributed by atoms with Gasteiger partial charge in [-0.15, -0.1) is 0 Å². The average Bonchev–Trinajstić information content (AvgIpc) is 2.83. The van der Waals surface area contributed by atoms with Crippen LogP contribution >= 0.6 is 0 Å². The van der Waals surface area contributed by atoms with Crippen molar-refractivity contribution in [2.75, 3.05) is 5.32 Å². The molecule has 2 aromatic heterocycles. The lowest BCUT2D eigenvalue weighted by molar-refractivity contribution is -0.117. The van der Waals surface area contributed by atoms with E-state index in [2.05, 4.69) is 20.4 Å². The van der Waals surface area contributed by atoms with Crippen molar-refractivity contribution in [2.24, 2.45) is 5.73 Å². The van der Waals surface area contributed by atoms with Gasteiger partial charge in [-0.05, 0) is 19.1 Å². The van der Waals surface area contributed by atoms with Gasteiger partial charge in [0.25, 0.3) is 0 Å². The summed E-state index contributed by atoms with van der Waals surface area (Å²) in [4.78, 5) is 19.3. The molecule has 7 nitrogen and oxygen atoms in total. The van der Waals surface area contributed by atoms with Gasteiger partial charge in [-0.3, -0.25) is 4.79 Å². The monoisotopic (exact) mass is 232 g/mol. The van der Waals surface area contributed by atoms with Crippen molar-refractivity contribution in [3.05, 3.63) is 31.0 Å². The van der Waals surface area contributed by atoms with Crippen LogP contribution < -0.4 is 11.1 Å². The number of amides is 1. The van der Waals surface area contributed by atoms with Gasteiger partial charge in [-0.2, -0.15) is 5.10 Å². The molecule has 7 heteroatoms. The first kappa shape index (κ1) is 11.2. The number of nitrogens with zero attached hydrogens (tertiary/aromatic N) is 4. The Hall–Kier alpha value is -2.28. The van der Waals surface area contributed by atoms with Crippen molar-refractivity contribution in [2.45, 2.75) is 13.0 Å². The highest BCUT2D eigenvalue weighted by Crippen LogP contribution is 2.08. The van der Waals surface area contributed by atoms with E-state index in [1.165, 1.54) is 17.2 Å². The Morgan fingerprint density at radius 2 is 2.35 bits per heavy atom. The molecule has 0 radical (unpaired) electrons. The molecule has 17 heavy (non-hydrogen) atoms. The van der Waals surface area contributed by atoms with Crippen molar-refractivity contribution in [3.8, 4) is 5.82 Å². The minimum atomic E-state index is -0.551. The maximum absolute atomic E-state index is 11.3. The predicted molar refractivity (Wildman–Crippen MR) is 61.4 cm³/mol. The van der Waals surface area contributed by atoms with E-state index in [0.717, 1.165) is 0 Å². The Balaban J connectivity index is 2.11. The van der Waals surface area contributed by atoms with Crippen LogP contribution in [0, 0.1) is 0 Å². The zero-order valence-corrected chi connectivity index (χ0v) is 9.24. The third kappa shape index (κ3) is 2.64. The van der Waals surface area contributed by atoms with Crippen LogP contribution in [0.3, 0.4) is 0 Å². The summed E-state index contributed by atoms with van der Waals surface area (Å²) in [6.45, 7) is 1.62. The first-order valence-corrected chi connectivity index (χ1v) is 5.04. The number of pyridine rings is 1. The second-order valence-electron chi connectivity index (χ2n) is 3.52. The topological polar surface area (TPSA) is 98.7 Å². The molecule has 88 valence electrons. The number of hydrogen-bond acceptors (Lipinski definition) is 5. The van der Waals surface area contributed by atoms with Crippen LogP contribution in [0.25, 0.3) is 5.82 Å². The van der Waals surface area contributed by atoms with E-state index in [1.54, 1.807) is 25.4 Å². The standard InChI is InChI=1S/C10H12N6O/c1-7(11)10(17)15-8-2-3-9(13-4-8)16-6-12-5-14-16/h2-7H,11H2,1H3,(H,15,17)/t7-/m0/s1. The molecule has 3 N–H and O–H groups in total. The summed E-state index contributed by atoms with van der Waals surface area (Å²) in [6.07, 6.45) is 4.51. The van der Waals surface area contributed by atoms with Gasteiger partial charge in [0.1, 0.15) is 12.7 Å². The van der Waals surface area contributed by atoms with Gasteiger partial charge in [-0.25, -0.2) is 14.6 Å². The predicted octanol–water partition coefficient (Wildman–Crippen LogP) is -0.0520. The van der Waals surface area contributed by atoms with E-state index in [-0.39, 0.29) is 5.91 Å². The fourth-order valence-electron chi connectivity index (χ4n) is 1.18. The number of carbonyl (C=O) groups is 1. The summed E-state index contributed by atoms with van der Waals surface area (Å²) in [7, 11) is 0. The average molecular weight is 232 g/mol. The van der Waals surface area contributed by atoms with Gasteiger partial charge in [-0.1, -0.05) is 0 Å². The van der Waals surface area contributed by atoms with Crippen molar-refractivity contribution < 1.29 is 4.79 Å². The van der Waals surface area contributed by atoms with Gasteiger partial charge in [0.2, 0.25) is 5.91 Å². The molecule has 1 atom stereocenters. The van der Waals surface area contributed by atoms with Crippen molar-refractivity contribution in [1.82, 2.24) is 19.7 Å². The highest BCUT2D eigenvalue weighted by atomic mass is 16.2. The zero-order valence-electron chi connectivity index (χ0n) is 9.24. The molecule has 0 spiro atoms. The fourth-order valence-corrected chi connectivity index (χ4v) is 1.18. The molecule has 2 heterocycles. The Kier molecular flexibility index (Phi) is 3.10. The van der Waals surface area contributed by atoms with Crippen molar-refractivity contribution in [1.29, 1.82) is 0 Å². The molecule has 0 saturated carbocycles. The quantitative estimate of drug-likeness (QED) is 0.772. The normalized spacial score (nSPS) is 12.1. The van der Waals surface area contributed by atoms with Crippen LogP contribution in [0.15, 0.2) is 31.0 Å². The second kappa shape index (κ2) is 4.71. The summed E-state index contributed by atoms with van der Waals surface area (Å²) in [5.74, 6) is 0.376.